The smallest absolute Gasteiger partial charge is 0.178 e. The largest absolute Gasteiger partial charge is 0.283 e. The van der Waals surface area contributed by atoms with E-state index in [2.05, 4.69) is 60.1 Å². The van der Waals surface area contributed by atoms with Crippen LogP contribution in [0.5, 0.6) is 0 Å². The fourth-order valence-corrected chi connectivity index (χ4v) is 2.74. The molecule has 0 bridgehead atoms. The van der Waals surface area contributed by atoms with E-state index in [1.165, 1.54) is 5.32 Å². The molecule has 0 fully saturated rings. The molecule has 74 valence electrons. The van der Waals surface area contributed by atoms with Gasteiger partial charge in [-0.3, -0.25) is 4.35 Å². The normalized spacial score (nSPS) is 13.4. The number of hydrogen-bond acceptors (Lipinski definition) is 2. The molecule has 1 aromatic heterocycles. The van der Waals surface area contributed by atoms with Gasteiger partial charge in [-0.15, -0.1) is 5.10 Å². The Bertz CT molecular complexity index is 265. The number of aromatic nitrogens is 3. The van der Waals surface area contributed by atoms with E-state index in [4.69, 9.17) is 0 Å². The van der Waals surface area contributed by atoms with Gasteiger partial charge in [0.15, 0.2) is 8.24 Å². The average molecular weight is 213 g/mol. The molecule has 1 heterocycles. The molecule has 0 radical (unpaired) electrons. The van der Waals surface area contributed by atoms with Crippen LogP contribution in [-0.2, 0) is 0 Å². The van der Waals surface area contributed by atoms with E-state index in [0.717, 1.165) is 0 Å². The van der Waals surface area contributed by atoms with Gasteiger partial charge in [-0.05, 0) is 19.6 Å². The second kappa shape index (κ2) is 3.06. The van der Waals surface area contributed by atoms with E-state index < -0.39 is 16.3 Å². The summed E-state index contributed by atoms with van der Waals surface area (Å²) in [5.74, 6) is 0. The van der Waals surface area contributed by atoms with Crippen molar-refractivity contribution in [2.75, 3.05) is 0 Å². The van der Waals surface area contributed by atoms with E-state index in [9.17, 15) is 0 Å². The molecule has 0 atom stereocenters. The molecule has 0 aromatic carbocycles. The van der Waals surface area contributed by atoms with Crippen molar-refractivity contribution in [3.05, 3.63) is 6.20 Å². The first-order valence-corrected chi connectivity index (χ1v) is 11.6. The van der Waals surface area contributed by atoms with Crippen LogP contribution in [0.1, 0.15) is 0 Å². The van der Waals surface area contributed by atoms with Crippen molar-refractivity contribution in [1.82, 2.24) is 14.7 Å². The molecule has 0 N–H and O–H groups in total. The fraction of sp³-hybridized carbons (Fsp3) is 0.750. The van der Waals surface area contributed by atoms with Gasteiger partial charge in [-0.2, -0.15) is 0 Å². The van der Waals surface area contributed by atoms with Crippen LogP contribution in [0, 0.1) is 0 Å². The molecule has 0 spiro atoms. The zero-order chi connectivity index (χ0) is 10.3. The van der Waals surface area contributed by atoms with Crippen molar-refractivity contribution in [3.63, 3.8) is 0 Å². The summed E-state index contributed by atoms with van der Waals surface area (Å²) in [6.07, 6.45) is 2.15. The number of nitrogens with zero attached hydrogens (tertiary/aromatic N) is 3. The van der Waals surface area contributed by atoms with Crippen molar-refractivity contribution >= 4 is 21.6 Å². The lowest BCUT2D eigenvalue weighted by atomic mass is 10.9. The predicted octanol–water partition coefficient (Wildman–Crippen LogP) is 1.51. The van der Waals surface area contributed by atoms with Crippen LogP contribution in [-0.4, -0.2) is 31.0 Å². The van der Waals surface area contributed by atoms with Crippen molar-refractivity contribution in [2.45, 2.75) is 39.3 Å². The standard InChI is InChI=1S/C8H19N3Si2/c1-12(2,3)8-7-11(10-9-8)13(4,5)6/h7H,1-6H3. The highest BCUT2D eigenvalue weighted by molar-refractivity contribution is 6.88. The summed E-state index contributed by atoms with van der Waals surface area (Å²) in [5, 5.41) is 9.70. The molecule has 0 aliphatic rings. The third-order valence-corrected chi connectivity index (χ3v) is 5.31. The first-order chi connectivity index (χ1) is 5.71. The first-order valence-electron chi connectivity index (χ1n) is 4.64. The highest BCUT2D eigenvalue weighted by atomic mass is 28.3. The maximum Gasteiger partial charge on any atom is 0.178 e. The molecule has 3 nitrogen and oxygen atoms in total. The van der Waals surface area contributed by atoms with Crippen molar-refractivity contribution in [2.24, 2.45) is 0 Å². The van der Waals surface area contributed by atoms with E-state index in [1.54, 1.807) is 0 Å². The second-order valence-corrected chi connectivity index (χ2v) is 15.3. The van der Waals surface area contributed by atoms with Crippen molar-refractivity contribution < 1.29 is 0 Å². The molecule has 0 unspecified atom stereocenters. The molecule has 0 aliphatic heterocycles. The van der Waals surface area contributed by atoms with E-state index >= 15 is 0 Å². The van der Waals surface area contributed by atoms with Crippen LogP contribution >= 0.6 is 0 Å². The minimum absolute atomic E-state index is 1.22. The fourth-order valence-electron chi connectivity index (χ4n) is 0.935. The molecule has 13 heavy (non-hydrogen) atoms. The van der Waals surface area contributed by atoms with Gasteiger partial charge in [-0.1, -0.05) is 24.9 Å². The Hall–Kier alpha value is -0.426. The van der Waals surface area contributed by atoms with Gasteiger partial charge in [0.1, 0.15) is 8.07 Å². The Kier molecular flexibility index (Phi) is 2.51. The van der Waals surface area contributed by atoms with Crippen molar-refractivity contribution in [3.8, 4) is 0 Å². The maximum absolute atomic E-state index is 4.26. The lowest BCUT2D eigenvalue weighted by Crippen LogP contribution is -2.39. The summed E-state index contributed by atoms with van der Waals surface area (Å²) in [5.41, 5.74) is 0. The van der Waals surface area contributed by atoms with Crippen LogP contribution in [0.15, 0.2) is 6.20 Å². The van der Waals surface area contributed by atoms with Gasteiger partial charge in [0.05, 0.1) is 5.32 Å². The van der Waals surface area contributed by atoms with Gasteiger partial charge in [-0.25, -0.2) is 0 Å². The van der Waals surface area contributed by atoms with Gasteiger partial charge in [0.2, 0.25) is 0 Å². The zero-order valence-electron chi connectivity index (χ0n) is 9.42. The van der Waals surface area contributed by atoms with E-state index in [0.29, 0.717) is 0 Å². The summed E-state index contributed by atoms with van der Waals surface area (Å²) in [7, 11) is -2.59. The average Bonchev–Trinajstić information content (AvgIpc) is 2.28. The summed E-state index contributed by atoms with van der Waals surface area (Å²) in [6.45, 7) is 13.7. The molecule has 1 rings (SSSR count). The molecule has 0 amide bonds. The highest BCUT2D eigenvalue weighted by Gasteiger charge is 2.24. The van der Waals surface area contributed by atoms with Crippen LogP contribution < -0.4 is 5.32 Å². The minimum Gasteiger partial charge on any atom is -0.283 e. The zero-order valence-corrected chi connectivity index (χ0v) is 11.4. The Morgan fingerprint density at radius 3 is 1.85 bits per heavy atom. The monoisotopic (exact) mass is 213 g/mol. The van der Waals surface area contributed by atoms with Crippen LogP contribution in [0.25, 0.3) is 0 Å². The third kappa shape index (κ3) is 2.51. The molecule has 0 saturated heterocycles. The first kappa shape index (κ1) is 10.7. The van der Waals surface area contributed by atoms with Gasteiger partial charge in [0.25, 0.3) is 0 Å². The van der Waals surface area contributed by atoms with Crippen LogP contribution in [0.4, 0.5) is 0 Å². The molecular weight excluding hydrogens is 194 g/mol. The summed E-state index contributed by atoms with van der Waals surface area (Å²) in [4.78, 5) is 0. The Labute approximate surface area is 82.3 Å². The molecule has 5 heteroatoms. The lowest BCUT2D eigenvalue weighted by Gasteiger charge is -2.15. The van der Waals surface area contributed by atoms with Gasteiger partial charge < -0.3 is 0 Å². The second-order valence-electron chi connectivity index (χ2n) is 5.47. The van der Waals surface area contributed by atoms with Crippen LogP contribution in [0.2, 0.25) is 39.3 Å². The Balaban J connectivity index is 3.01. The topological polar surface area (TPSA) is 30.7 Å². The van der Waals surface area contributed by atoms with Gasteiger partial charge in [0, 0.05) is 6.20 Å². The summed E-state index contributed by atoms with van der Waals surface area (Å²) >= 11 is 0. The Morgan fingerprint density at radius 1 is 1.08 bits per heavy atom. The molecule has 1 aromatic rings. The number of hydrogen-bond donors (Lipinski definition) is 0. The third-order valence-electron chi connectivity index (χ3n) is 1.95. The highest BCUT2D eigenvalue weighted by Crippen LogP contribution is 2.04. The summed E-state index contributed by atoms with van der Waals surface area (Å²) < 4.78 is 2.08. The van der Waals surface area contributed by atoms with Crippen LogP contribution in [0.3, 0.4) is 0 Å². The molecular formula is C8H19N3Si2. The maximum atomic E-state index is 4.26. The lowest BCUT2D eigenvalue weighted by molar-refractivity contribution is 0.844. The minimum atomic E-state index is -1.33. The number of rotatable bonds is 2. The van der Waals surface area contributed by atoms with E-state index in [-0.39, 0.29) is 0 Å². The van der Waals surface area contributed by atoms with Crippen molar-refractivity contribution in [1.29, 1.82) is 0 Å². The van der Waals surface area contributed by atoms with Gasteiger partial charge >= 0.3 is 0 Å². The van der Waals surface area contributed by atoms with E-state index in [1.807, 2.05) is 0 Å². The quantitative estimate of drug-likeness (QED) is 0.697. The SMILES string of the molecule is C[Si](C)(C)c1cn([Si](C)(C)C)nn1. The molecule has 0 aliphatic carbocycles. The Morgan fingerprint density at radius 2 is 1.62 bits per heavy atom. The molecule has 0 saturated carbocycles. The summed E-state index contributed by atoms with van der Waals surface area (Å²) in [6, 6.07) is 0. The predicted molar refractivity (Wildman–Crippen MR) is 61.7 cm³/mol.